The molecule has 3 heteroatoms. The lowest BCUT2D eigenvalue weighted by molar-refractivity contribution is -0.157. The molecule has 5 atom stereocenters. The minimum Gasteiger partial charge on any atom is -0.508 e. The Kier molecular flexibility index (Phi) is 7.63. The van der Waals surface area contributed by atoms with Crippen LogP contribution in [0.15, 0.2) is 30.9 Å². The average molecular weight is 439 g/mol. The first-order valence-electron chi connectivity index (χ1n) is 13.1. The lowest BCUT2D eigenvalue weighted by Crippen LogP contribution is -2.45. The molecule has 0 radical (unpaired) electrons. The highest BCUT2D eigenvalue weighted by molar-refractivity contribution is 5.69. The normalized spacial score (nSPS) is 30.8. The van der Waals surface area contributed by atoms with Gasteiger partial charge in [0.05, 0.1) is 0 Å². The third kappa shape index (κ3) is 4.92. The molecule has 2 saturated carbocycles. The van der Waals surface area contributed by atoms with Crippen LogP contribution in [0.25, 0.3) is 0 Å². The van der Waals surface area contributed by atoms with Crippen LogP contribution in [0, 0.1) is 17.3 Å². The zero-order valence-electron chi connectivity index (χ0n) is 20.0. The summed E-state index contributed by atoms with van der Waals surface area (Å²) >= 11 is 0. The van der Waals surface area contributed by atoms with Gasteiger partial charge >= 0.3 is 5.97 Å². The number of allylic oxidation sites excluding steroid dienone is 1. The fourth-order valence-electron chi connectivity index (χ4n) is 7.20. The fourth-order valence-corrected chi connectivity index (χ4v) is 7.20. The summed E-state index contributed by atoms with van der Waals surface area (Å²) in [6.45, 7) is 6.17. The van der Waals surface area contributed by atoms with E-state index >= 15 is 0 Å². The number of phenols is 1. The van der Waals surface area contributed by atoms with Crippen molar-refractivity contribution in [3.8, 4) is 5.75 Å². The van der Waals surface area contributed by atoms with Gasteiger partial charge in [-0.1, -0.05) is 44.7 Å². The Hall–Kier alpha value is -1.77. The van der Waals surface area contributed by atoms with Gasteiger partial charge in [-0.2, -0.15) is 0 Å². The Morgan fingerprint density at radius 2 is 1.91 bits per heavy atom. The number of rotatable bonds is 10. The van der Waals surface area contributed by atoms with Gasteiger partial charge in [0.25, 0.3) is 0 Å². The van der Waals surface area contributed by atoms with Gasteiger partial charge in [0.15, 0.2) is 0 Å². The van der Waals surface area contributed by atoms with Gasteiger partial charge in [0, 0.05) is 11.8 Å². The molecule has 0 aliphatic heterocycles. The lowest BCUT2D eigenvalue weighted by Gasteiger charge is -2.50. The number of ether oxygens (including phenoxy) is 1. The van der Waals surface area contributed by atoms with E-state index in [0.717, 1.165) is 38.5 Å². The molecule has 0 spiro atoms. The van der Waals surface area contributed by atoms with Crippen molar-refractivity contribution in [2.45, 2.75) is 109 Å². The van der Waals surface area contributed by atoms with Gasteiger partial charge in [0.1, 0.15) is 11.9 Å². The van der Waals surface area contributed by atoms with Crippen molar-refractivity contribution < 1.29 is 14.6 Å². The molecule has 0 heterocycles. The molecule has 0 bridgehead atoms. The SMILES string of the molecule is C=CCCCCCCCCC(=O)O[C@H]1CC[C@H]2[C@@H]3CCc4cc(O)ccc4[C@H]3CC[C@]12C. The van der Waals surface area contributed by atoms with Crippen LogP contribution in [0.2, 0.25) is 0 Å². The van der Waals surface area contributed by atoms with E-state index in [1.165, 1.54) is 56.1 Å². The second-order valence-corrected chi connectivity index (χ2v) is 10.8. The minimum atomic E-state index is 0.0233. The highest BCUT2D eigenvalue weighted by Gasteiger charge is 2.56. The summed E-state index contributed by atoms with van der Waals surface area (Å²) in [4.78, 5) is 12.6. The van der Waals surface area contributed by atoms with E-state index in [2.05, 4.69) is 19.6 Å². The van der Waals surface area contributed by atoms with Crippen molar-refractivity contribution in [1.82, 2.24) is 0 Å². The van der Waals surface area contributed by atoms with E-state index in [9.17, 15) is 9.90 Å². The quantitative estimate of drug-likeness (QED) is 0.234. The molecule has 0 saturated heterocycles. The van der Waals surface area contributed by atoms with Gasteiger partial charge in [-0.05, 0) is 98.8 Å². The third-order valence-electron chi connectivity index (χ3n) is 8.94. The predicted molar refractivity (Wildman–Crippen MR) is 130 cm³/mol. The van der Waals surface area contributed by atoms with E-state index in [-0.39, 0.29) is 17.5 Å². The first-order valence-corrected chi connectivity index (χ1v) is 13.1. The third-order valence-corrected chi connectivity index (χ3v) is 8.94. The molecule has 0 amide bonds. The maximum atomic E-state index is 12.6. The van der Waals surface area contributed by atoms with Crippen molar-refractivity contribution >= 4 is 5.97 Å². The standard InChI is InChI=1S/C29H42O3/c1-3-4-5-6-7-8-9-10-11-28(31)32-27-17-16-26-25-14-12-21-20-22(30)13-15-23(21)24(25)18-19-29(26,27)2/h3,13,15,20,24-27,30H,1,4-12,14,16-19H2,2H3/t24-,25-,26+,27+,29+/m1/s1. The fraction of sp³-hybridized carbons (Fsp3) is 0.690. The molecule has 3 nitrogen and oxygen atoms in total. The number of unbranched alkanes of at least 4 members (excludes halogenated alkanes) is 6. The molecule has 4 rings (SSSR count). The number of hydrogen-bond acceptors (Lipinski definition) is 3. The molecular formula is C29H42O3. The average Bonchev–Trinajstić information content (AvgIpc) is 3.11. The van der Waals surface area contributed by atoms with Crippen molar-refractivity contribution in [3.63, 3.8) is 0 Å². The Labute approximate surface area is 194 Å². The topological polar surface area (TPSA) is 46.5 Å². The van der Waals surface area contributed by atoms with Crippen LogP contribution in [-0.4, -0.2) is 17.2 Å². The van der Waals surface area contributed by atoms with Crippen LogP contribution in [0.3, 0.4) is 0 Å². The van der Waals surface area contributed by atoms with Crippen molar-refractivity contribution in [2.24, 2.45) is 17.3 Å². The summed E-state index contributed by atoms with van der Waals surface area (Å²) in [5.41, 5.74) is 2.94. The Morgan fingerprint density at radius 3 is 2.72 bits per heavy atom. The number of carbonyl (C=O) groups excluding carboxylic acids is 1. The summed E-state index contributed by atoms with van der Waals surface area (Å²) < 4.78 is 6.13. The molecule has 1 aromatic rings. The maximum absolute atomic E-state index is 12.6. The van der Waals surface area contributed by atoms with Crippen LogP contribution in [-0.2, 0) is 16.0 Å². The van der Waals surface area contributed by atoms with Crippen molar-refractivity contribution in [1.29, 1.82) is 0 Å². The molecule has 1 N–H and O–H groups in total. The summed E-state index contributed by atoms with van der Waals surface area (Å²) in [5.74, 6) is 2.36. The van der Waals surface area contributed by atoms with Crippen LogP contribution in [0.4, 0.5) is 0 Å². The molecule has 2 fully saturated rings. The molecule has 3 aliphatic carbocycles. The Balaban J connectivity index is 1.26. The summed E-state index contributed by atoms with van der Waals surface area (Å²) in [5, 5.41) is 9.88. The molecule has 1 aromatic carbocycles. The minimum absolute atomic E-state index is 0.0233. The number of carbonyl (C=O) groups is 1. The molecule has 0 unspecified atom stereocenters. The Bertz CT molecular complexity index is 800. The second kappa shape index (κ2) is 10.4. The lowest BCUT2D eigenvalue weighted by atomic mass is 9.55. The number of esters is 1. The second-order valence-electron chi connectivity index (χ2n) is 10.8. The molecule has 0 aromatic heterocycles. The summed E-state index contributed by atoms with van der Waals surface area (Å²) in [6.07, 6.45) is 17.7. The maximum Gasteiger partial charge on any atom is 0.306 e. The molecule has 176 valence electrons. The number of benzene rings is 1. The molecule has 3 aliphatic rings. The van der Waals surface area contributed by atoms with E-state index in [4.69, 9.17) is 4.74 Å². The van der Waals surface area contributed by atoms with Crippen molar-refractivity contribution in [3.05, 3.63) is 42.0 Å². The summed E-state index contributed by atoms with van der Waals surface area (Å²) in [7, 11) is 0. The van der Waals surface area contributed by atoms with Gasteiger partial charge in [-0.15, -0.1) is 6.58 Å². The van der Waals surface area contributed by atoms with Gasteiger partial charge in [-0.25, -0.2) is 0 Å². The van der Waals surface area contributed by atoms with Crippen molar-refractivity contribution in [2.75, 3.05) is 0 Å². The number of aryl methyl sites for hydroxylation is 1. The number of fused-ring (bicyclic) bond motifs is 5. The van der Waals surface area contributed by atoms with Gasteiger partial charge in [0.2, 0.25) is 0 Å². The van der Waals surface area contributed by atoms with Crippen LogP contribution in [0.5, 0.6) is 5.75 Å². The van der Waals surface area contributed by atoms with Crippen LogP contribution in [0.1, 0.15) is 107 Å². The van der Waals surface area contributed by atoms with E-state index < -0.39 is 0 Å². The first kappa shape index (κ1) is 23.4. The Morgan fingerprint density at radius 1 is 1.12 bits per heavy atom. The highest BCUT2D eigenvalue weighted by atomic mass is 16.5. The largest absolute Gasteiger partial charge is 0.508 e. The molecular weight excluding hydrogens is 396 g/mol. The monoisotopic (exact) mass is 438 g/mol. The zero-order chi connectivity index (χ0) is 22.6. The smallest absolute Gasteiger partial charge is 0.306 e. The highest BCUT2D eigenvalue weighted by Crippen LogP contribution is 2.61. The summed E-state index contributed by atoms with van der Waals surface area (Å²) in [6, 6.07) is 5.99. The van der Waals surface area contributed by atoms with Crippen LogP contribution < -0.4 is 0 Å². The molecule has 32 heavy (non-hydrogen) atoms. The van der Waals surface area contributed by atoms with E-state index in [1.54, 1.807) is 0 Å². The first-order chi connectivity index (χ1) is 15.5. The zero-order valence-corrected chi connectivity index (χ0v) is 20.0. The predicted octanol–water partition coefficient (Wildman–Crippen LogP) is 7.47. The van der Waals surface area contributed by atoms with Gasteiger partial charge in [-0.3, -0.25) is 4.79 Å². The number of hydrogen-bond donors (Lipinski definition) is 1. The number of phenolic OH excluding ortho intramolecular Hbond substituents is 1. The van der Waals surface area contributed by atoms with E-state index in [0.29, 0.717) is 29.9 Å². The van der Waals surface area contributed by atoms with E-state index in [1.807, 2.05) is 18.2 Å². The van der Waals surface area contributed by atoms with Crippen LogP contribution >= 0.6 is 0 Å². The van der Waals surface area contributed by atoms with Gasteiger partial charge < -0.3 is 9.84 Å². The number of aromatic hydroxyl groups is 1.